The van der Waals surface area contributed by atoms with Gasteiger partial charge in [0.25, 0.3) is 5.91 Å². The third-order valence-electron chi connectivity index (χ3n) is 9.43. The molecule has 3 aromatic rings. The number of nitrogens with zero attached hydrogens (tertiary/aromatic N) is 4. The Bertz CT molecular complexity index is 1660. The molecule has 0 spiro atoms. The van der Waals surface area contributed by atoms with E-state index < -0.39 is 24.2 Å². The summed E-state index contributed by atoms with van der Waals surface area (Å²) in [4.78, 5) is 37.5. The molecule has 1 aromatic heterocycles. The van der Waals surface area contributed by atoms with Gasteiger partial charge in [0.2, 0.25) is 0 Å². The summed E-state index contributed by atoms with van der Waals surface area (Å²) in [6, 6.07) is 5.23. The molecule has 3 fully saturated rings. The molecule has 4 aliphatic rings. The van der Waals surface area contributed by atoms with E-state index in [4.69, 9.17) is 9.72 Å². The second-order valence-electron chi connectivity index (χ2n) is 12.2. The Morgan fingerprint density at radius 1 is 1.23 bits per heavy atom. The molecule has 232 valence electrons. The van der Waals surface area contributed by atoms with Crippen LogP contribution in [-0.4, -0.2) is 82.5 Å². The van der Waals surface area contributed by atoms with E-state index in [0.717, 1.165) is 35.7 Å². The van der Waals surface area contributed by atoms with Crippen molar-refractivity contribution in [2.45, 2.75) is 63.3 Å². The topological polar surface area (TPSA) is 132 Å². The lowest BCUT2D eigenvalue weighted by molar-refractivity contribution is -0.119. The largest absolute Gasteiger partial charge is 0.508 e. The van der Waals surface area contributed by atoms with Crippen LogP contribution < -0.4 is 25.6 Å². The lowest BCUT2D eigenvalue weighted by Crippen LogP contribution is -2.43. The van der Waals surface area contributed by atoms with Crippen molar-refractivity contribution < 1.29 is 28.2 Å². The Kier molecular flexibility index (Phi) is 7.14. The van der Waals surface area contributed by atoms with Crippen LogP contribution in [0.25, 0.3) is 10.8 Å². The Morgan fingerprint density at radius 3 is 2.89 bits per heavy atom. The number of nitrogens with one attached hydrogen (secondary N) is 3. The van der Waals surface area contributed by atoms with E-state index in [2.05, 4.69) is 30.7 Å². The highest BCUT2D eigenvalue weighted by Gasteiger charge is 2.49. The van der Waals surface area contributed by atoms with Crippen LogP contribution in [0.2, 0.25) is 0 Å². The van der Waals surface area contributed by atoms with E-state index in [9.17, 15) is 23.5 Å². The number of aryl methyl sites for hydroxylation is 1. The quantitative estimate of drug-likeness (QED) is 0.285. The molecule has 3 saturated heterocycles. The molecule has 13 heteroatoms. The van der Waals surface area contributed by atoms with Gasteiger partial charge in [-0.1, -0.05) is 13.0 Å². The van der Waals surface area contributed by atoms with Crippen LogP contribution in [0.4, 0.5) is 25.1 Å². The summed E-state index contributed by atoms with van der Waals surface area (Å²) in [6.07, 6.45) is 2.36. The summed E-state index contributed by atoms with van der Waals surface area (Å²) in [5, 5.41) is 20.1. The number of urea groups is 1. The predicted molar refractivity (Wildman–Crippen MR) is 159 cm³/mol. The van der Waals surface area contributed by atoms with Gasteiger partial charge in [-0.05, 0) is 55.3 Å². The number of anilines is 2. The Morgan fingerprint density at radius 2 is 2.09 bits per heavy atom. The van der Waals surface area contributed by atoms with Gasteiger partial charge in [0.1, 0.15) is 36.2 Å². The number of hydrogen-bond donors (Lipinski definition) is 4. The molecule has 2 aromatic carbocycles. The highest BCUT2D eigenvalue weighted by Crippen LogP contribution is 2.41. The first-order valence-corrected chi connectivity index (χ1v) is 15.2. The van der Waals surface area contributed by atoms with E-state index in [-0.39, 0.29) is 36.3 Å². The summed E-state index contributed by atoms with van der Waals surface area (Å²) in [5.74, 6) is -0.138. The fourth-order valence-corrected chi connectivity index (χ4v) is 7.34. The number of imide groups is 1. The summed E-state index contributed by atoms with van der Waals surface area (Å²) >= 11 is 0. The number of hydrogen-bond acceptors (Lipinski definition) is 9. The number of benzene rings is 2. The zero-order valence-corrected chi connectivity index (χ0v) is 24.5. The van der Waals surface area contributed by atoms with E-state index in [0.29, 0.717) is 61.7 Å². The number of carbonyl (C=O) groups is 2. The predicted octanol–water partition coefficient (Wildman–Crippen LogP) is 3.17. The number of ether oxygens (including phenoxy) is 1. The van der Waals surface area contributed by atoms with Crippen LogP contribution >= 0.6 is 0 Å². The fourth-order valence-electron chi connectivity index (χ4n) is 7.34. The highest BCUT2D eigenvalue weighted by atomic mass is 19.1. The molecule has 0 radical (unpaired) electrons. The van der Waals surface area contributed by atoms with Crippen LogP contribution in [0.1, 0.15) is 43.0 Å². The van der Waals surface area contributed by atoms with Gasteiger partial charge < -0.3 is 25.4 Å². The number of alkyl halides is 1. The third-order valence-corrected chi connectivity index (χ3v) is 9.43. The molecule has 5 heterocycles. The monoisotopic (exact) mass is 607 g/mol. The fraction of sp³-hybridized carbons (Fsp3) is 0.484. The van der Waals surface area contributed by atoms with Gasteiger partial charge in [-0.25, -0.2) is 13.6 Å². The lowest BCUT2D eigenvalue weighted by Gasteiger charge is -2.33. The number of carbonyl (C=O) groups excluding carboxylic acids is 2. The van der Waals surface area contributed by atoms with E-state index in [1.807, 2.05) is 6.92 Å². The lowest BCUT2D eigenvalue weighted by atomic mass is 9.95. The van der Waals surface area contributed by atoms with Crippen molar-refractivity contribution in [3.8, 4) is 11.8 Å². The smallest absolute Gasteiger partial charge is 0.322 e. The zero-order chi connectivity index (χ0) is 30.6. The van der Waals surface area contributed by atoms with E-state index in [1.165, 1.54) is 6.07 Å². The number of phenols is 1. The first kappa shape index (κ1) is 28.5. The number of halogens is 2. The van der Waals surface area contributed by atoms with Crippen molar-refractivity contribution in [1.82, 2.24) is 25.5 Å². The molecule has 0 saturated carbocycles. The minimum atomic E-state index is -0.892. The number of amides is 3. The molecule has 3 atom stereocenters. The molecule has 4 aliphatic heterocycles. The van der Waals surface area contributed by atoms with Gasteiger partial charge in [-0.2, -0.15) is 9.97 Å². The molecule has 7 rings (SSSR count). The normalized spacial score (nSPS) is 24.8. The summed E-state index contributed by atoms with van der Waals surface area (Å²) in [6.45, 7) is 4.40. The van der Waals surface area contributed by atoms with Crippen molar-refractivity contribution in [3.63, 3.8) is 0 Å². The van der Waals surface area contributed by atoms with Crippen LogP contribution in [0.3, 0.4) is 0 Å². The van der Waals surface area contributed by atoms with Crippen LogP contribution in [0.5, 0.6) is 11.8 Å². The molecule has 0 aliphatic carbocycles. The SMILES string of the molecule is CCc1c(F)ccc2cc(O)cc(N3CCc4c(nc(OC[C@@]56CCCN5C[C@H](F)C6)nc4NCC4NC(=O)NC4=O)C3)c12. The second kappa shape index (κ2) is 11.0. The molecule has 4 N–H and O–H groups in total. The van der Waals surface area contributed by atoms with Crippen molar-refractivity contribution in [2.24, 2.45) is 0 Å². The van der Waals surface area contributed by atoms with Crippen LogP contribution in [0, 0.1) is 5.82 Å². The molecule has 0 bridgehead atoms. The number of fused-ring (bicyclic) bond motifs is 3. The minimum Gasteiger partial charge on any atom is -0.508 e. The second-order valence-corrected chi connectivity index (χ2v) is 12.2. The Balaban J connectivity index is 1.22. The molecular weight excluding hydrogens is 572 g/mol. The van der Waals surface area contributed by atoms with Crippen molar-refractivity contribution in [2.75, 3.05) is 43.0 Å². The maximum absolute atomic E-state index is 14.9. The molecular formula is C31H35F2N7O4. The van der Waals surface area contributed by atoms with Gasteiger partial charge in [0, 0.05) is 48.8 Å². The first-order valence-electron chi connectivity index (χ1n) is 15.2. The average molecular weight is 608 g/mol. The number of aromatic nitrogens is 2. The Labute approximate surface area is 253 Å². The van der Waals surface area contributed by atoms with E-state index >= 15 is 0 Å². The van der Waals surface area contributed by atoms with Gasteiger partial charge in [0.15, 0.2) is 0 Å². The highest BCUT2D eigenvalue weighted by molar-refractivity contribution is 6.04. The van der Waals surface area contributed by atoms with Crippen LogP contribution in [0.15, 0.2) is 24.3 Å². The standard InChI is InChI=1S/C31H35F2N7O4/c1-2-20-22(33)5-4-17-10-19(41)11-25(26(17)20)39-9-6-21-24(15-39)36-30(37-27(21)34-13-23-28(42)38-29(43)35-23)44-16-31-7-3-8-40(31)14-18(32)12-31/h4-5,10-11,18,23,41H,2-3,6-9,12-16H2,1H3,(H,34,36,37)(H2,35,38,42,43)/t18-,23?,31+/m1/s1. The average Bonchev–Trinajstić information content (AvgIpc) is 3.64. The molecule has 44 heavy (non-hydrogen) atoms. The maximum Gasteiger partial charge on any atom is 0.322 e. The number of aromatic hydroxyl groups is 1. The molecule has 11 nitrogen and oxygen atoms in total. The third kappa shape index (κ3) is 5.02. The van der Waals surface area contributed by atoms with E-state index in [1.54, 1.807) is 18.2 Å². The summed E-state index contributed by atoms with van der Waals surface area (Å²) < 4.78 is 35.5. The molecule has 3 amide bonds. The van der Waals surface area contributed by atoms with Crippen molar-refractivity contribution in [1.29, 1.82) is 0 Å². The molecule has 1 unspecified atom stereocenters. The van der Waals surface area contributed by atoms with Gasteiger partial charge >= 0.3 is 12.0 Å². The van der Waals surface area contributed by atoms with Gasteiger partial charge in [0.05, 0.1) is 17.8 Å². The van der Waals surface area contributed by atoms with Gasteiger partial charge in [-0.3, -0.25) is 15.0 Å². The zero-order valence-electron chi connectivity index (χ0n) is 24.5. The summed E-state index contributed by atoms with van der Waals surface area (Å²) in [7, 11) is 0. The number of phenolic OH excluding ortho intramolecular Hbond substituents is 1. The first-order chi connectivity index (χ1) is 21.2. The van der Waals surface area contributed by atoms with Gasteiger partial charge in [-0.15, -0.1) is 0 Å². The minimum absolute atomic E-state index is 0.0843. The van der Waals surface area contributed by atoms with Crippen molar-refractivity contribution in [3.05, 3.63) is 46.9 Å². The number of rotatable bonds is 8. The maximum atomic E-state index is 14.9. The van der Waals surface area contributed by atoms with Crippen LogP contribution in [-0.2, 0) is 24.2 Å². The summed E-state index contributed by atoms with van der Waals surface area (Å²) in [5.41, 5.74) is 2.44. The van der Waals surface area contributed by atoms with Crippen molar-refractivity contribution >= 4 is 34.2 Å². The Hall–Kier alpha value is -4.26.